The van der Waals surface area contributed by atoms with E-state index in [2.05, 4.69) is 27.0 Å². The number of nitrogen functional groups attached to an aromatic ring is 1. The first-order valence-corrected chi connectivity index (χ1v) is 11.9. The molecule has 2 aliphatic rings. The Morgan fingerprint density at radius 3 is 2.63 bits per heavy atom. The number of nitrogens with one attached hydrogen (secondary N) is 1. The van der Waals surface area contributed by atoms with Gasteiger partial charge >= 0.3 is 5.69 Å². The number of aromatic nitrogens is 3. The van der Waals surface area contributed by atoms with Crippen LogP contribution in [0.25, 0.3) is 11.0 Å². The predicted molar refractivity (Wildman–Crippen MR) is 134 cm³/mol. The third-order valence-corrected chi connectivity index (χ3v) is 6.99. The molecule has 1 atom stereocenters. The van der Waals surface area contributed by atoms with Crippen molar-refractivity contribution < 1.29 is 9.59 Å². The van der Waals surface area contributed by atoms with Crippen LogP contribution in [0.15, 0.2) is 41.3 Å². The van der Waals surface area contributed by atoms with Crippen molar-refractivity contribution in [2.75, 3.05) is 23.7 Å². The van der Waals surface area contributed by atoms with Gasteiger partial charge in [-0.25, -0.2) is 9.78 Å². The molecule has 9 nitrogen and oxygen atoms in total. The van der Waals surface area contributed by atoms with Crippen molar-refractivity contribution in [1.29, 1.82) is 0 Å². The number of imidazole rings is 1. The first kappa shape index (κ1) is 22.7. The van der Waals surface area contributed by atoms with Crippen molar-refractivity contribution in [3.05, 3.63) is 52.6 Å². The lowest BCUT2D eigenvalue weighted by Gasteiger charge is -2.32. The topological polar surface area (TPSA) is 115 Å². The zero-order valence-electron chi connectivity index (χ0n) is 19.7. The van der Waals surface area contributed by atoms with Gasteiger partial charge in [-0.2, -0.15) is 0 Å². The number of imide groups is 1. The molecular weight excluding hydrogens is 444 g/mol. The van der Waals surface area contributed by atoms with E-state index >= 15 is 0 Å². The monoisotopic (exact) mass is 472 g/mol. The van der Waals surface area contributed by atoms with E-state index in [1.54, 1.807) is 11.6 Å². The van der Waals surface area contributed by atoms with E-state index in [1.807, 2.05) is 36.5 Å². The first-order chi connectivity index (χ1) is 16.9. The zero-order valence-corrected chi connectivity index (χ0v) is 19.7. The van der Waals surface area contributed by atoms with Crippen LogP contribution in [0.4, 0.5) is 11.5 Å². The van der Waals surface area contributed by atoms with Gasteiger partial charge in [0, 0.05) is 33.0 Å². The van der Waals surface area contributed by atoms with E-state index in [1.165, 1.54) is 4.57 Å². The summed E-state index contributed by atoms with van der Waals surface area (Å²) in [6.45, 7) is 1.91. The van der Waals surface area contributed by atoms with Gasteiger partial charge in [-0.15, -0.1) is 0 Å². The van der Waals surface area contributed by atoms with Crippen molar-refractivity contribution in [2.24, 2.45) is 13.0 Å². The quantitative estimate of drug-likeness (QED) is 0.445. The van der Waals surface area contributed by atoms with Crippen LogP contribution in [0.1, 0.15) is 43.7 Å². The summed E-state index contributed by atoms with van der Waals surface area (Å²) in [5.41, 5.74) is 8.63. The number of carbonyl (C=O) groups excluding carboxylic acids is 2. The molecule has 0 aliphatic carbocycles. The molecule has 2 amide bonds. The number of nitrogens with zero attached hydrogens (tertiary/aromatic N) is 4. The normalized spacial score (nSPS) is 18.9. The second kappa shape index (κ2) is 9.29. The van der Waals surface area contributed by atoms with Gasteiger partial charge in [-0.3, -0.25) is 24.0 Å². The van der Waals surface area contributed by atoms with Crippen LogP contribution >= 0.6 is 0 Å². The number of hydrogen-bond acceptors (Lipinski definition) is 6. The highest BCUT2D eigenvalue weighted by Gasteiger charge is 2.31. The Labute approximate surface area is 202 Å². The maximum absolute atomic E-state index is 13.1. The maximum atomic E-state index is 13.1. The number of hydrogen-bond donors (Lipinski definition) is 2. The highest BCUT2D eigenvalue weighted by Crippen LogP contribution is 2.26. The van der Waals surface area contributed by atoms with Crippen LogP contribution in [0, 0.1) is 17.8 Å². The van der Waals surface area contributed by atoms with Gasteiger partial charge in [-0.1, -0.05) is 17.9 Å². The summed E-state index contributed by atoms with van der Waals surface area (Å²) in [6.07, 6.45) is 5.23. The number of amides is 2. The van der Waals surface area contributed by atoms with Gasteiger partial charge in [0.2, 0.25) is 11.8 Å². The number of fused-ring (bicyclic) bond motifs is 1. The van der Waals surface area contributed by atoms with Crippen LogP contribution in [-0.2, 0) is 16.6 Å². The summed E-state index contributed by atoms with van der Waals surface area (Å²) in [7, 11) is 1.69. The maximum Gasteiger partial charge on any atom is 0.329 e. The molecule has 0 radical (unpaired) electrons. The van der Waals surface area contributed by atoms with Gasteiger partial charge in [0.1, 0.15) is 11.9 Å². The molecule has 1 unspecified atom stereocenters. The SMILES string of the molecule is Cn1c(=O)n(C2CCC(=O)NC2=O)c2cccc(C#CCC3CCN(c4ccc(N)nc4)CC3)c21. The summed E-state index contributed by atoms with van der Waals surface area (Å²) < 4.78 is 3.03. The van der Waals surface area contributed by atoms with E-state index in [4.69, 9.17) is 5.73 Å². The van der Waals surface area contributed by atoms with Gasteiger partial charge in [-0.05, 0) is 49.4 Å². The minimum atomic E-state index is -0.700. The average molecular weight is 473 g/mol. The summed E-state index contributed by atoms with van der Waals surface area (Å²) in [4.78, 5) is 43.5. The number of aryl methyl sites for hydroxylation is 1. The molecule has 180 valence electrons. The van der Waals surface area contributed by atoms with Gasteiger partial charge in [0.25, 0.3) is 0 Å². The number of anilines is 2. The highest BCUT2D eigenvalue weighted by atomic mass is 16.2. The summed E-state index contributed by atoms with van der Waals surface area (Å²) in [5.74, 6) is 6.90. The van der Waals surface area contributed by atoms with Crippen molar-refractivity contribution in [3.8, 4) is 11.8 Å². The minimum absolute atomic E-state index is 0.215. The van der Waals surface area contributed by atoms with Crippen molar-refractivity contribution in [2.45, 2.75) is 38.1 Å². The Morgan fingerprint density at radius 2 is 1.91 bits per heavy atom. The fraction of sp³-hybridized carbons (Fsp3) is 0.385. The molecule has 1 aromatic carbocycles. The molecule has 5 rings (SSSR count). The van der Waals surface area contributed by atoms with E-state index in [0.717, 1.165) is 43.6 Å². The smallest absolute Gasteiger partial charge is 0.329 e. The lowest BCUT2D eigenvalue weighted by atomic mass is 9.93. The average Bonchev–Trinajstić information content (AvgIpc) is 3.11. The van der Waals surface area contributed by atoms with Crippen LogP contribution in [0.3, 0.4) is 0 Å². The first-order valence-electron chi connectivity index (χ1n) is 11.9. The minimum Gasteiger partial charge on any atom is -0.384 e. The van der Waals surface area contributed by atoms with E-state index < -0.39 is 11.9 Å². The summed E-state index contributed by atoms with van der Waals surface area (Å²) in [6, 6.07) is 8.72. The lowest BCUT2D eigenvalue weighted by Crippen LogP contribution is -2.44. The van der Waals surface area contributed by atoms with E-state index in [9.17, 15) is 14.4 Å². The summed E-state index contributed by atoms with van der Waals surface area (Å²) in [5, 5.41) is 2.34. The van der Waals surface area contributed by atoms with Crippen molar-refractivity contribution in [1.82, 2.24) is 19.4 Å². The number of nitrogens with two attached hydrogens (primary N) is 1. The van der Waals surface area contributed by atoms with Crippen LogP contribution < -0.4 is 21.6 Å². The Kier molecular flexibility index (Phi) is 6.03. The number of piperidine rings is 2. The molecule has 0 saturated carbocycles. The second-order valence-corrected chi connectivity index (χ2v) is 9.23. The highest BCUT2D eigenvalue weighted by molar-refractivity contribution is 6.00. The number of carbonyl (C=O) groups is 2. The summed E-state index contributed by atoms with van der Waals surface area (Å²) >= 11 is 0. The molecule has 9 heteroatoms. The third kappa shape index (κ3) is 4.39. The molecule has 2 fully saturated rings. The standard InChI is InChI=1S/C26H28N6O3/c1-30-24-18(5-2-4-17-12-14-31(15-13-17)19-8-10-22(27)28-16-19)6-3-7-20(24)32(26(30)35)21-9-11-23(33)29-25(21)34/h3,6-8,10,16-17,21H,4,9,11-15H2,1H3,(H2,27,28)(H,29,33,34). The molecule has 35 heavy (non-hydrogen) atoms. The van der Waals surface area contributed by atoms with Gasteiger partial charge in [0.15, 0.2) is 0 Å². The predicted octanol–water partition coefficient (Wildman–Crippen LogP) is 1.95. The number of benzene rings is 1. The van der Waals surface area contributed by atoms with Crippen molar-refractivity contribution >= 4 is 34.4 Å². The fourth-order valence-corrected chi connectivity index (χ4v) is 5.04. The molecule has 3 N–H and O–H groups in total. The molecule has 2 aromatic heterocycles. The molecule has 4 heterocycles. The zero-order chi connectivity index (χ0) is 24.5. The fourth-order valence-electron chi connectivity index (χ4n) is 5.04. The molecule has 2 aliphatic heterocycles. The largest absolute Gasteiger partial charge is 0.384 e. The number of pyridine rings is 1. The molecule has 0 spiro atoms. The molecule has 0 bridgehead atoms. The Balaban J connectivity index is 1.32. The Hall–Kier alpha value is -4.06. The van der Waals surface area contributed by atoms with Gasteiger partial charge < -0.3 is 10.6 Å². The van der Waals surface area contributed by atoms with Crippen LogP contribution in [0.2, 0.25) is 0 Å². The van der Waals surface area contributed by atoms with Crippen molar-refractivity contribution in [3.63, 3.8) is 0 Å². The van der Waals surface area contributed by atoms with Gasteiger partial charge in [0.05, 0.1) is 28.5 Å². The number of rotatable bonds is 3. The van der Waals surface area contributed by atoms with E-state index in [-0.39, 0.29) is 18.0 Å². The van der Waals surface area contributed by atoms with Crippen LogP contribution in [0.5, 0.6) is 0 Å². The van der Waals surface area contributed by atoms with Crippen LogP contribution in [-0.4, -0.2) is 39.0 Å². The lowest BCUT2D eigenvalue weighted by molar-refractivity contribution is -0.135. The molecule has 3 aromatic rings. The molecule has 2 saturated heterocycles. The Morgan fingerprint density at radius 1 is 1.11 bits per heavy atom. The third-order valence-electron chi connectivity index (χ3n) is 6.99. The Bertz CT molecular complexity index is 1400. The second-order valence-electron chi connectivity index (χ2n) is 9.23. The molecular formula is C26H28N6O3. The van der Waals surface area contributed by atoms with E-state index in [0.29, 0.717) is 29.2 Å². The number of para-hydroxylation sites is 1.